The van der Waals surface area contributed by atoms with Gasteiger partial charge in [0.15, 0.2) is 0 Å². The maximum Gasteiger partial charge on any atom is 0.0587 e. The first-order valence-corrected chi connectivity index (χ1v) is 6.86. The number of fused-ring (bicyclic) bond motifs is 1. The zero-order valence-electron chi connectivity index (χ0n) is 10.5. The fourth-order valence-electron chi connectivity index (χ4n) is 3.19. The van der Waals surface area contributed by atoms with E-state index in [2.05, 4.69) is 10.6 Å². The molecule has 1 saturated carbocycles. The summed E-state index contributed by atoms with van der Waals surface area (Å²) < 4.78 is 5.03. The second-order valence-corrected chi connectivity index (χ2v) is 5.29. The van der Waals surface area contributed by atoms with E-state index in [0.29, 0.717) is 6.04 Å². The van der Waals surface area contributed by atoms with E-state index >= 15 is 0 Å². The SMILES string of the molecule is COCCNCC1CCC2CCCCC2N1. The van der Waals surface area contributed by atoms with E-state index in [1.165, 1.54) is 38.5 Å². The van der Waals surface area contributed by atoms with Gasteiger partial charge in [-0.25, -0.2) is 0 Å². The van der Waals surface area contributed by atoms with Gasteiger partial charge in [-0.3, -0.25) is 0 Å². The molecule has 1 heterocycles. The highest BCUT2D eigenvalue weighted by molar-refractivity contribution is 4.89. The molecular weight excluding hydrogens is 200 g/mol. The van der Waals surface area contributed by atoms with E-state index in [1.807, 2.05) is 0 Å². The van der Waals surface area contributed by atoms with Crippen molar-refractivity contribution in [2.75, 3.05) is 26.8 Å². The van der Waals surface area contributed by atoms with Gasteiger partial charge in [0.05, 0.1) is 6.61 Å². The molecule has 3 heteroatoms. The van der Waals surface area contributed by atoms with Crippen LogP contribution >= 0.6 is 0 Å². The minimum atomic E-state index is 0.691. The molecule has 0 aromatic heterocycles. The van der Waals surface area contributed by atoms with Gasteiger partial charge >= 0.3 is 0 Å². The monoisotopic (exact) mass is 226 g/mol. The Kier molecular flexibility index (Phi) is 5.07. The fourth-order valence-corrected chi connectivity index (χ4v) is 3.19. The molecule has 16 heavy (non-hydrogen) atoms. The van der Waals surface area contributed by atoms with Crippen molar-refractivity contribution in [3.8, 4) is 0 Å². The smallest absolute Gasteiger partial charge is 0.0587 e. The summed E-state index contributed by atoms with van der Waals surface area (Å²) in [5, 5.41) is 7.29. The molecule has 3 unspecified atom stereocenters. The van der Waals surface area contributed by atoms with Crippen LogP contribution in [-0.4, -0.2) is 38.9 Å². The number of hydrogen-bond acceptors (Lipinski definition) is 3. The van der Waals surface area contributed by atoms with Crippen LogP contribution < -0.4 is 10.6 Å². The summed E-state index contributed by atoms with van der Waals surface area (Å²) in [6, 6.07) is 1.51. The van der Waals surface area contributed by atoms with E-state index < -0.39 is 0 Å². The molecule has 1 saturated heterocycles. The normalized spacial score (nSPS) is 34.7. The van der Waals surface area contributed by atoms with Crippen molar-refractivity contribution in [1.82, 2.24) is 10.6 Å². The van der Waals surface area contributed by atoms with E-state index in [-0.39, 0.29) is 0 Å². The first kappa shape index (κ1) is 12.3. The highest BCUT2D eigenvalue weighted by Gasteiger charge is 2.31. The molecule has 0 radical (unpaired) electrons. The van der Waals surface area contributed by atoms with Crippen LogP contribution in [0.15, 0.2) is 0 Å². The van der Waals surface area contributed by atoms with Crippen LogP contribution in [0.5, 0.6) is 0 Å². The van der Waals surface area contributed by atoms with Crippen molar-refractivity contribution in [3.05, 3.63) is 0 Å². The Labute approximate surface area is 99.3 Å². The summed E-state index contributed by atoms with van der Waals surface area (Å²) in [6.07, 6.45) is 8.54. The number of hydrogen-bond donors (Lipinski definition) is 2. The lowest BCUT2D eigenvalue weighted by atomic mass is 9.78. The molecule has 2 rings (SSSR count). The van der Waals surface area contributed by atoms with E-state index in [0.717, 1.165) is 31.7 Å². The standard InChI is InChI=1S/C13H26N2O/c1-16-9-8-14-10-12-7-6-11-4-2-3-5-13(11)15-12/h11-15H,2-10H2,1H3. The highest BCUT2D eigenvalue weighted by Crippen LogP contribution is 2.31. The third kappa shape index (κ3) is 3.44. The predicted molar refractivity (Wildman–Crippen MR) is 66.6 cm³/mol. The van der Waals surface area contributed by atoms with Crippen molar-refractivity contribution in [2.45, 2.75) is 50.6 Å². The first-order chi connectivity index (χ1) is 7.90. The third-order valence-electron chi connectivity index (χ3n) is 4.12. The molecule has 0 aromatic rings. The molecule has 3 nitrogen and oxygen atoms in total. The van der Waals surface area contributed by atoms with Crippen molar-refractivity contribution in [1.29, 1.82) is 0 Å². The minimum Gasteiger partial charge on any atom is -0.383 e. The number of piperidine rings is 1. The van der Waals surface area contributed by atoms with Gasteiger partial charge in [0, 0.05) is 32.3 Å². The Balaban J connectivity index is 1.65. The van der Waals surface area contributed by atoms with Gasteiger partial charge in [-0.2, -0.15) is 0 Å². The molecule has 2 N–H and O–H groups in total. The lowest BCUT2D eigenvalue weighted by molar-refractivity contribution is 0.168. The largest absolute Gasteiger partial charge is 0.383 e. The second-order valence-electron chi connectivity index (χ2n) is 5.29. The van der Waals surface area contributed by atoms with Gasteiger partial charge in [-0.1, -0.05) is 12.8 Å². The third-order valence-corrected chi connectivity index (χ3v) is 4.12. The Bertz CT molecular complexity index is 198. The Morgan fingerprint density at radius 1 is 1.19 bits per heavy atom. The molecule has 2 aliphatic rings. The van der Waals surface area contributed by atoms with Crippen molar-refractivity contribution >= 4 is 0 Å². The van der Waals surface area contributed by atoms with Gasteiger partial charge in [0.2, 0.25) is 0 Å². The molecule has 0 amide bonds. The molecule has 0 aromatic carbocycles. The summed E-state index contributed by atoms with van der Waals surface area (Å²) in [7, 11) is 1.76. The van der Waals surface area contributed by atoms with Crippen LogP contribution in [0.1, 0.15) is 38.5 Å². The molecule has 0 spiro atoms. The van der Waals surface area contributed by atoms with Crippen LogP contribution in [0.3, 0.4) is 0 Å². The lowest BCUT2D eigenvalue weighted by Gasteiger charge is -2.40. The second kappa shape index (κ2) is 6.58. The molecule has 3 atom stereocenters. The molecule has 94 valence electrons. The van der Waals surface area contributed by atoms with Crippen LogP contribution in [0.2, 0.25) is 0 Å². The molecule has 0 bridgehead atoms. The molecule has 1 aliphatic carbocycles. The maximum atomic E-state index is 5.03. The van der Waals surface area contributed by atoms with Crippen LogP contribution in [0.4, 0.5) is 0 Å². The van der Waals surface area contributed by atoms with Crippen molar-refractivity contribution < 1.29 is 4.74 Å². The zero-order chi connectivity index (χ0) is 11.2. The Hall–Kier alpha value is -0.120. The molecular formula is C13H26N2O. The van der Waals surface area contributed by atoms with Crippen LogP contribution in [0, 0.1) is 5.92 Å². The number of nitrogens with one attached hydrogen (secondary N) is 2. The van der Waals surface area contributed by atoms with Crippen molar-refractivity contribution in [3.63, 3.8) is 0 Å². The molecule has 1 aliphatic heterocycles. The summed E-state index contributed by atoms with van der Waals surface area (Å²) in [4.78, 5) is 0. The van der Waals surface area contributed by atoms with Gasteiger partial charge in [-0.15, -0.1) is 0 Å². The van der Waals surface area contributed by atoms with E-state index in [9.17, 15) is 0 Å². The topological polar surface area (TPSA) is 33.3 Å². The Morgan fingerprint density at radius 3 is 2.94 bits per heavy atom. The number of methoxy groups -OCH3 is 1. The summed E-state index contributed by atoms with van der Waals surface area (Å²) in [6.45, 7) is 2.90. The average Bonchev–Trinajstić information content (AvgIpc) is 2.34. The summed E-state index contributed by atoms with van der Waals surface area (Å²) in [5.41, 5.74) is 0. The van der Waals surface area contributed by atoms with Gasteiger partial charge in [-0.05, 0) is 31.6 Å². The summed E-state index contributed by atoms with van der Waals surface area (Å²) >= 11 is 0. The van der Waals surface area contributed by atoms with Crippen molar-refractivity contribution in [2.24, 2.45) is 5.92 Å². The fraction of sp³-hybridized carbons (Fsp3) is 1.00. The number of ether oxygens (including phenoxy) is 1. The minimum absolute atomic E-state index is 0.691. The van der Waals surface area contributed by atoms with Gasteiger partial charge in [0.25, 0.3) is 0 Å². The predicted octanol–water partition coefficient (Wildman–Crippen LogP) is 1.53. The summed E-state index contributed by atoms with van der Waals surface area (Å²) in [5.74, 6) is 0.976. The van der Waals surface area contributed by atoms with E-state index in [4.69, 9.17) is 4.74 Å². The average molecular weight is 226 g/mol. The quantitative estimate of drug-likeness (QED) is 0.698. The number of rotatable bonds is 5. The molecule has 2 fully saturated rings. The van der Waals surface area contributed by atoms with Gasteiger partial charge in [0.1, 0.15) is 0 Å². The Morgan fingerprint density at radius 2 is 2.06 bits per heavy atom. The van der Waals surface area contributed by atoms with Crippen LogP contribution in [0.25, 0.3) is 0 Å². The highest BCUT2D eigenvalue weighted by atomic mass is 16.5. The van der Waals surface area contributed by atoms with Gasteiger partial charge < -0.3 is 15.4 Å². The first-order valence-electron chi connectivity index (χ1n) is 6.86. The van der Waals surface area contributed by atoms with Crippen LogP contribution in [-0.2, 0) is 4.74 Å². The lowest BCUT2D eigenvalue weighted by Crippen LogP contribution is -2.52. The maximum absolute atomic E-state index is 5.03. The zero-order valence-corrected chi connectivity index (χ0v) is 10.5. The van der Waals surface area contributed by atoms with E-state index in [1.54, 1.807) is 7.11 Å².